The van der Waals surface area contributed by atoms with Gasteiger partial charge in [-0.1, -0.05) is 37.1 Å². The zero-order chi connectivity index (χ0) is 19.3. The molecule has 3 nitrogen and oxygen atoms in total. The first-order valence-electron chi connectivity index (χ1n) is 10.4. The second-order valence-electron chi connectivity index (χ2n) is 7.99. The molecule has 2 saturated carbocycles. The van der Waals surface area contributed by atoms with Gasteiger partial charge in [-0.05, 0) is 54.1 Å². The van der Waals surface area contributed by atoms with Crippen LogP contribution in [0.25, 0.3) is 22.0 Å². The molecule has 2 aliphatic carbocycles. The van der Waals surface area contributed by atoms with Gasteiger partial charge in [-0.15, -0.1) is 35.9 Å². The second-order valence-corrected chi connectivity index (χ2v) is 7.99. The first kappa shape index (κ1) is 22.1. The van der Waals surface area contributed by atoms with Crippen molar-refractivity contribution in [3.8, 4) is 11.3 Å². The van der Waals surface area contributed by atoms with Crippen LogP contribution in [-0.2, 0) is 20.1 Å². The molecule has 1 heterocycles. The number of rotatable bonds is 1. The van der Waals surface area contributed by atoms with E-state index in [1.54, 1.807) is 0 Å². The van der Waals surface area contributed by atoms with Crippen LogP contribution in [0, 0.1) is 17.9 Å². The number of pyridine rings is 1. The van der Waals surface area contributed by atoms with Gasteiger partial charge < -0.3 is 15.2 Å². The van der Waals surface area contributed by atoms with Gasteiger partial charge in [0.15, 0.2) is 0 Å². The molecule has 1 aromatic heterocycles. The van der Waals surface area contributed by atoms with Crippen molar-refractivity contribution in [2.75, 3.05) is 0 Å². The van der Waals surface area contributed by atoms with Crippen LogP contribution >= 0.6 is 0 Å². The van der Waals surface area contributed by atoms with Gasteiger partial charge in [-0.25, -0.2) is 0 Å². The normalized spacial score (nSPS) is 25.9. The summed E-state index contributed by atoms with van der Waals surface area (Å²) in [4.78, 5) is 4.45. The van der Waals surface area contributed by atoms with E-state index >= 15 is 0 Å². The van der Waals surface area contributed by atoms with Crippen LogP contribution in [0.3, 0.4) is 0 Å². The predicted molar refractivity (Wildman–Crippen MR) is 113 cm³/mol. The van der Waals surface area contributed by atoms with Gasteiger partial charge in [-0.3, -0.25) is 0 Å². The molecule has 3 aromatic rings. The second kappa shape index (κ2) is 10.4. The molecule has 1 radical (unpaired) electrons. The smallest absolute Gasteiger partial charge is 0.0595 e. The molecule has 5 rings (SSSR count). The number of hydrogen-bond acceptors (Lipinski definition) is 3. The Hall–Kier alpha value is -1.58. The van der Waals surface area contributed by atoms with Crippen LogP contribution in [0.15, 0.2) is 60.8 Å². The van der Waals surface area contributed by atoms with E-state index in [-0.39, 0.29) is 38.2 Å². The van der Waals surface area contributed by atoms with Crippen LogP contribution in [0.5, 0.6) is 0 Å². The molecule has 0 bridgehead atoms. The number of aliphatic hydroxyl groups is 2. The van der Waals surface area contributed by atoms with Gasteiger partial charge in [0, 0.05) is 32.2 Å². The fourth-order valence-corrected chi connectivity index (χ4v) is 4.82. The fraction of sp³-hybridized carbons (Fsp3) is 0.400. The fourth-order valence-electron chi connectivity index (χ4n) is 4.82. The van der Waals surface area contributed by atoms with Crippen molar-refractivity contribution in [3.63, 3.8) is 0 Å². The van der Waals surface area contributed by atoms with Crippen molar-refractivity contribution in [1.29, 1.82) is 0 Å². The molecule has 2 N–H and O–H groups in total. The average molecular weight is 567 g/mol. The molecule has 4 atom stereocenters. The monoisotopic (exact) mass is 567 g/mol. The Morgan fingerprint density at radius 1 is 0.828 bits per heavy atom. The van der Waals surface area contributed by atoms with Crippen LogP contribution in [0.2, 0.25) is 0 Å². The third-order valence-electron chi connectivity index (χ3n) is 6.23. The molecule has 4 heteroatoms. The Bertz CT molecular complexity index is 896. The van der Waals surface area contributed by atoms with Crippen LogP contribution < -0.4 is 0 Å². The quantitative estimate of drug-likeness (QED) is 0.408. The number of nitrogens with zero attached hydrogens (tertiary/aromatic N) is 1. The van der Waals surface area contributed by atoms with Crippen LogP contribution in [0.4, 0.5) is 0 Å². The minimum Gasteiger partial charge on any atom is -0.393 e. The van der Waals surface area contributed by atoms with E-state index in [1.807, 2.05) is 48.7 Å². The maximum Gasteiger partial charge on any atom is 0.0595 e. The summed E-state index contributed by atoms with van der Waals surface area (Å²) in [5, 5.41) is 21.8. The Kier molecular flexibility index (Phi) is 7.97. The zero-order valence-electron chi connectivity index (χ0n) is 16.5. The van der Waals surface area contributed by atoms with Crippen molar-refractivity contribution in [2.24, 2.45) is 11.8 Å². The van der Waals surface area contributed by atoms with Crippen molar-refractivity contribution in [2.45, 2.75) is 50.7 Å². The SMILES string of the molecule is OC1CCCCC2CCC(O)C12.[Ir].[c-]1ccccc1-c1nccc2ccccc12. The van der Waals surface area contributed by atoms with E-state index in [9.17, 15) is 10.2 Å². The summed E-state index contributed by atoms with van der Waals surface area (Å²) < 4.78 is 0. The molecular weight excluding hydrogens is 538 g/mol. The average Bonchev–Trinajstić information content (AvgIpc) is 3.01. The summed E-state index contributed by atoms with van der Waals surface area (Å²) in [5.41, 5.74) is 2.04. The molecule has 29 heavy (non-hydrogen) atoms. The minimum atomic E-state index is -0.227. The van der Waals surface area contributed by atoms with Crippen LogP contribution in [-0.4, -0.2) is 27.4 Å². The number of fused-ring (bicyclic) bond motifs is 2. The van der Waals surface area contributed by atoms with Gasteiger partial charge in [0.1, 0.15) is 0 Å². The van der Waals surface area contributed by atoms with Crippen molar-refractivity contribution in [1.82, 2.24) is 4.98 Å². The van der Waals surface area contributed by atoms with Gasteiger partial charge >= 0.3 is 0 Å². The minimum absolute atomic E-state index is 0. The molecule has 0 saturated heterocycles. The van der Waals surface area contributed by atoms with Gasteiger partial charge in [0.05, 0.1) is 12.2 Å². The molecular formula is C25H28IrNO2-. The topological polar surface area (TPSA) is 53.4 Å². The van der Waals surface area contributed by atoms with Crippen molar-refractivity contribution < 1.29 is 30.3 Å². The Morgan fingerprint density at radius 2 is 1.59 bits per heavy atom. The molecule has 0 aliphatic heterocycles. The number of hydrogen-bond donors (Lipinski definition) is 2. The molecule has 2 aromatic carbocycles. The molecule has 0 amide bonds. The summed E-state index contributed by atoms with van der Waals surface area (Å²) in [6.07, 6.45) is 7.94. The number of aliphatic hydroxyl groups excluding tert-OH is 2. The van der Waals surface area contributed by atoms with E-state index in [4.69, 9.17) is 0 Å². The Labute approximate surface area is 186 Å². The maximum absolute atomic E-state index is 9.77. The molecule has 2 aliphatic rings. The third-order valence-corrected chi connectivity index (χ3v) is 6.23. The molecule has 0 spiro atoms. The van der Waals surface area contributed by atoms with Gasteiger partial charge in [0.25, 0.3) is 0 Å². The molecule has 155 valence electrons. The molecule has 2 fully saturated rings. The van der Waals surface area contributed by atoms with Crippen molar-refractivity contribution >= 4 is 10.8 Å². The van der Waals surface area contributed by atoms with E-state index in [1.165, 1.54) is 23.6 Å². The van der Waals surface area contributed by atoms with E-state index in [0.29, 0.717) is 5.92 Å². The first-order chi connectivity index (χ1) is 13.7. The maximum atomic E-state index is 9.77. The van der Waals surface area contributed by atoms with E-state index < -0.39 is 0 Å². The number of benzene rings is 2. The van der Waals surface area contributed by atoms with E-state index in [2.05, 4.69) is 23.2 Å². The Balaban J connectivity index is 0.000000167. The molecule has 4 unspecified atom stereocenters. The van der Waals surface area contributed by atoms with Crippen molar-refractivity contribution in [3.05, 3.63) is 66.9 Å². The van der Waals surface area contributed by atoms with Crippen LogP contribution in [0.1, 0.15) is 38.5 Å². The Morgan fingerprint density at radius 3 is 2.41 bits per heavy atom. The standard InChI is InChI=1S/C15H10N.C10H18O2.Ir/c1-2-7-13(8-3-1)15-14-9-5-4-6-12(14)10-11-16-15;11-8-4-2-1-3-7-5-6-9(12)10(7)8;/h1-7,9-11H;7-12H,1-6H2;/q-1;;. The number of aromatic nitrogens is 1. The summed E-state index contributed by atoms with van der Waals surface area (Å²) in [6, 6.07) is 21.4. The van der Waals surface area contributed by atoms with E-state index in [0.717, 1.165) is 36.9 Å². The first-order valence-corrected chi connectivity index (χ1v) is 10.4. The summed E-state index contributed by atoms with van der Waals surface area (Å²) in [7, 11) is 0. The zero-order valence-corrected chi connectivity index (χ0v) is 18.9. The van der Waals surface area contributed by atoms with Gasteiger partial charge in [-0.2, -0.15) is 0 Å². The van der Waals surface area contributed by atoms with Gasteiger partial charge in [0.2, 0.25) is 0 Å². The third kappa shape index (κ3) is 5.13. The largest absolute Gasteiger partial charge is 0.393 e. The predicted octanol–water partition coefficient (Wildman–Crippen LogP) is 5.01. The summed E-state index contributed by atoms with van der Waals surface area (Å²) in [5.74, 6) is 0.810. The summed E-state index contributed by atoms with van der Waals surface area (Å²) in [6.45, 7) is 0. The summed E-state index contributed by atoms with van der Waals surface area (Å²) >= 11 is 0.